The monoisotopic (exact) mass is 289 g/mol. The fourth-order valence-electron chi connectivity index (χ4n) is 1.33. The fraction of sp³-hybridized carbons (Fsp3) is 0.100. The minimum Gasteiger partial charge on any atom is -0.481 e. The summed E-state index contributed by atoms with van der Waals surface area (Å²) in [7, 11) is 0. The normalized spacial score (nSPS) is 10.7. The first-order chi connectivity index (χ1) is 8.99. The third kappa shape index (κ3) is 2.87. The smallest absolute Gasteiger partial charge is 0.313 e. The summed E-state index contributed by atoms with van der Waals surface area (Å²) in [4.78, 5) is 10.4. The molecule has 0 fully saturated rings. The maximum atomic E-state index is 13.6. The molecule has 1 aromatic heterocycles. The van der Waals surface area contributed by atoms with Crippen molar-refractivity contribution in [1.29, 1.82) is 0 Å². The van der Waals surface area contributed by atoms with E-state index in [9.17, 15) is 18.0 Å². The van der Waals surface area contributed by atoms with Crippen molar-refractivity contribution in [2.24, 2.45) is 0 Å². The van der Waals surface area contributed by atoms with Crippen LogP contribution < -0.4 is 0 Å². The highest BCUT2D eigenvalue weighted by atomic mass is 32.2. The highest BCUT2D eigenvalue weighted by Crippen LogP contribution is 2.23. The zero-order valence-corrected chi connectivity index (χ0v) is 9.99. The van der Waals surface area contributed by atoms with Crippen molar-refractivity contribution in [2.75, 3.05) is 5.75 Å². The Bertz CT molecular complexity index is 632. The van der Waals surface area contributed by atoms with E-state index in [1.165, 1.54) is 0 Å². The first-order valence-corrected chi connectivity index (χ1v) is 5.87. The molecule has 0 spiro atoms. The number of hydrogen-bond donors (Lipinski definition) is 1. The predicted octanol–water partition coefficient (Wildman–Crippen LogP) is 1.86. The van der Waals surface area contributed by atoms with Gasteiger partial charge in [0.2, 0.25) is 0 Å². The molecule has 2 rings (SSSR count). The number of carboxylic acids is 1. The van der Waals surface area contributed by atoms with Gasteiger partial charge in [0.05, 0.1) is 11.4 Å². The van der Waals surface area contributed by atoms with Crippen LogP contribution in [0.4, 0.5) is 13.2 Å². The third-order valence-electron chi connectivity index (χ3n) is 2.07. The van der Waals surface area contributed by atoms with E-state index >= 15 is 0 Å². The van der Waals surface area contributed by atoms with Crippen LogP contribution in [0.1, 0.15) is 0 Å². The lowest BCUT2D eigenvalue weighted by molar-refractivity contribution is -0.133. The zero-order valence-electron chi connectivity index (χ0n) is 9.18. The Morgan fingerprint density at radius 1 is 1.37 bits per heavy atom. The average Bonchev–Trinajstić information content (AvgIpc) is 2.79. The highest BCUT2D eigenvalue weighted by Gasteiger charge is 2.17. The second-order valence-corrected chi connectivity index (χ2v) is 4.33. The molecular formula is C10H6F3N3O2S. The number of nitrogens with zero attached hydrogens (tertiary/aromatic N) is 3. The van der Waals surface area contributed by atoms with Crippen LogP contribution in [0, 0.1) is 17.5 Å². The molecule has 0 aliphatic heterocycles. The topological polar surface area (TPSA) is 68.0 Å². The van der Waals surface area contributed by atoms with E-state index in [1.807, 2.05) is 0 Å². The standard InChI is InChI=1S/C10H6F3N3O2S/c11-5-1-6(12)9(13)7(2-5)16-4-14-15-10(16)19-3-8(17)18/h1-2,4H,3H2,(H,17,18). The Hall–Kier alpha value is -2.03. The van der Waals surface area contributed by atoms with Gasteiger partial charge in [0.1, 0.15) is 12.1 Å². The Morgan fingerprint density at radius 3 is 2.79 bits per heavy atom. The van der Waals surface area contributed by atoms with Crippen LogP contribution in [-0.2, 0) is 4.79 Å². The van der Waals surface area contributed by atoms with Crippen LogP contribution in [0.3, 0.4) is 0 Å². The summed E-state index contributed by atoms with van der Waals surface area (Å²) in [5.74, 6) is -5.02. The Morgan fingerprint density at radius 2 is 2.11 bits per heavy atom. The summed E-state index contributed by atoms with van der Waals surface area (Å²) in [6.45, 7) is 0. The second-order valence-electron chi connectivity index (χ2n) is 3.39. The molecule has 0 aliphatic rings. The molecule has 5 nitrogen and oxygen atoms in total. The molecular weight excluding hydrogens is 283 g/mol. The molecule has 0 unspecified atom stereocenters. The Balaban J connectivity index is 2.42. The molecule has 0 atom stereocenters. The number of carbonyl (C=O) groups is 1. The molecule has 9 heteroatoms. The number of carboxylic acid groups (broad SMARTS) is 1. The number of aliphatic carboxylic acids is 1. The van der Waals surface area contributed by atoms with Gasteiger partial charge in [-0.2, -0.15) is 0 Å². The van der Waals surface area contributed by atoms with Gasteiger partial charge in [-0.15, -0.1) is 10.2 Å². The van der Waals surface area contributed by atoms with E-state index < -0.39 is 29.1 Å². The van der Waals surface area contributed by atoms with Gasteiger partial charge in [-0.1, -0.05) is 11.8 Å². The SMILES string of the molecule is O=C(O)CSc1nncn1-c1cc(F)cc(F)c1F. The average molecular weight is 289 g/mol. The van der Waals surface area contributed by atoms with Gasteiger partial charge in [0.25, 0.3) is 0 Å². The molecule has 100 valence electrons. The second kappa shape index (κ2) is 5.31. The van der Waals surface area contributed by atoms with Crippen molar-refractivity contribution in [1.82, 2.24) is 14.8 Å². The van der Waals surface area contributed by atoms with Crippen LogP contribution >= 0.6 is 11.8 Å². The molecule has 0 aliphatic carbocycles. The number of halogens is 3. The molecule has 19 heavy (non-hydrogen) atoms. The van der Waals surface area contributed by atoms with Crippen molar-refractivity contribution in [2.45, 2.75) is 5.16 Å². The fourth-order valence-corrected chi connectivity index (χ4v) is 1.97. The van der Waals surface area contributed by atoms with Crippen molar-refractivity contribution in [3.8, 4) is 5.69 Å². The summed E-state index contributed by atoms with van der Waals surface area (Å²) in [6.07, 6.45) is 1.04. The molecule has 2 aromatic rings. The number of benzene rings is 1. The highest BCUT2D eigenvalue weighted by molar-refractivity contribution is 7.99. The van der Waals surface area contributed by atoms with E-state index in [0.29, 0.717) is 6.07 Å². The van der Waals surface area contributed by atoms with Gasteiger partial charge in [-0.05, 0) is 0 Å². The van der Waals surface area contributed by atoms with E-state index in [0.717, 1.165) is 28.7 Å². The van der Waals surface area contributed by atoms with E-state index in [4.69, 9.17) is 5.11 Å². The molecule has 1 heterocycles. The first kappa shape index (κ1) is 13.4. The lowest BCUT2D eigenvalue weighted by Crippen LogP contribution is -2.04. The van der Waals surface area contributed by atoms with Crippen molar-refractivity contribution >= 4 is 17.7 Å². The molecule has 0 saturated carbocycles. The van der Waals surface area contributed by atoms with Gasteiger partial charge in [-0.3, -0.25) is 9.36 Å². The van der Waals surface area contributed by atoms with Gasteiger partial charge in [-0.25, -0.2) is 13.2 Å². The van der Waals surface area contributed by atoms with Gasteiger partial charge < -0.3 is 5.11 Å². The first-order valence-electron chi connectivity index (χ1n) is 4.88. The van der Waals surface area contributed by atoms with Crippen molar-refractivity contribution < 1.29 is 23.1 Å². The zero-order chi connectivity index (χ0) is 14.0. The quantitative estimate of drug-likeness (QED) is 0.687. The summed E-state index contributed by atoms with van der Waals surface area (Å²) in [5.41, 5.74) is -0.421. The summed E-state index contributed by atoms with van der Waals surface area (Å²) in [6, 6.07) is 1.18. The van der Waals surface area contributed by atoms with Crippen LogP contribution in [0.2, 0.25) is 0 Å². The number of hydrogen-bond acceptors (Lipinski definition) is 4. The molecule has 0 bridgehead atoms. The van der Waals surface area contributed by atoms with E-state index in [2.05, 4.69) is 10.2 Å². The molecule has 1 aromatic carbocycles. The molecule has 0 amide bonds. The molecule has 0 radical (unpaired) electrons. The largest absolute Gasteiger partial charge is 0.481 e. The minimum absolute atomic E-state index is 0.0197. The third-order valence-corrected chi connectivity index (χ3v) is 3.00. The van der Waals surface area contributed by atoms with E-state index in [-0.39, 0.29) is 10.9 Å². The predicted molar refractivity (Wildman–Crippen MR) is 59.6 cm³/mol. The van der Waals surface area contributed by atoms with Gasteiger partial charge >= 0.3 is 5.97 Å². The Labute approximate surface area is 109 Å². The maximum Gasteiger partial charge on any atom is 0.313 e. The summed E-state index contributed by atoms with van der Waals surface area (Å²) in [5, 5.41) is 15.6. The maximum absolute atomic E-state index is 13.6. The molecule has 0 saturated heterocycles. The van der Waals surface area contributed by atoms with Crippen LogP contribution in [0.25, 0.3) is 5.69 Å². The minimum atomic E-state index is -1.35. The van der Waals surface area contributed by atoms with Crippen molar-refractivity contribution in [3.05, 3.63) is 35.9 Å². The lowest BCUT2D eigenvalue weighted by Gasteiger charge is -2.07. The summed E-state index contributed by atoms with van der Waals surface area (Å²) < 4.78 is 40.8. The van der Waals surface area contributed by atoms with Gasteiger partial charge in [0.15, 0.2) is 16.8 Å². The molecule has 1 N–H and O–H groups in total. The van der Waals surface area contributed by atoms with Crippen LogP contribution in [0.15, 0.2) is 23.6 Å². The number of thioether (sulfide) groups is 1. The number of aromatic nitrogens is 3. The number of rotatable bonds is 4. The van der Waals surface area contributed by atoms with Crippen molar-refractivity contribution in [3.63, 3.8) is 0 Å². The van der Waals surface area contributed by atoms with Crippen LogP contribution in [-0.4, -0.2) is 31.6 Å². The van der Waals surface area contributed by atoms with Gasteiger partial charge in [0, 0.05) is 12.1 Å². The summed E-state index contributed by atoms with van der Waals surface area (Å²) >= 11 is 0.755. The Kier molecular flexibility index (Phi) is 3.74. The van der Waals surface area contributed by atoms with Crippen LogP contribution in [0.5, 0.6) is 0 Å². The lowest BCUT2D eigenvalue weighted by atomic mass is 10.3. The van der Waals surface area contributed by atoms with E-state index in [1.54, 1.807) is 0 Å².